The van der Waals surface area contributed by atoms with Gasteiger partial charge in [0.15, 0.2) is 18.9 Å². The van der Waals surface area contributed by atoms with Crippen molar-refractivity contribution in [1.82, 2.24) is 0 Å². The summed E-state index contributed by atoms with van der Waals surface area (Å²) in [5.41, 5.74) is 0.575. The van der Waals surface area contributed by atoms with E-state index >= 15 is 0 Å². The summed E-state index contributed by atoms with van der Waals surface area (Å²) in [6.45, 7) is 7.36. The van der Waals surface area contributed by atoms with Crippen LogP contribution in [0.15, 0.2) is 24.5 Å². The highest BCUT2D eigenvalue weighted by molar-refractivity contribution is 5.17. The molecule has 0 spiro atoms. The maximum Gasteiger partial charge on any atom is 0.187 e. The van der Waals surface area contributed by atoms with Gasteiger partial charge in [-0.15, -0.1) is 0 Å². The third-order valence-corrected chi connectivity index (χ3v) is 13.3. The van der Waals surface area contributed by atoms with Crippen LogP contribution in [0.3, 0.4) is 0 Å². The Morgan fingerprint density at radius 1 is 0.672 bits per heavy atom. The first-order valence-corrected chi connectivity index (χ1v) is 20.7. The lowest BCUT2D eigenvalue weighted by Gasteiger charge is -2.51. The molecule has 61 heavy (non-hydrogen) atoms. The summed E-state index contributed by atoms with van der Waals surface area (Å²) < 4.78 is 45.9. The Hall–Kier alpha value is -1.56. The first kappa shape index (κ1) is 48.9. The van der Waals surface area contributed by atoms with Crippen molar-refractivity contribution in [1.29, 1.82) is 0 Å². The van der Waals surface area contributed by atoms with Crippen LogP contribution in [0.25, 0.3) is 0 Å². The molecule has 4 aliphatic heterocycles. The first-order chi connectivity index (χ1) is 28.9. The SMILES string of the molecule is C=C(OCC1OC(C(CO)OC2OC(C(O)CO)C(O)C2O)C(O)C1O)C1CCC2(C)CC(OC3OC(C(CO)OC4OC(C(O)CO)C(O)C4O)C(O)C3O)CC(=C)C2C1. The Balaban J connectivity index is 0.981. The van der Waals surface area contributed by atoms with Crippen molar-refractivity contribution < 1.29 is 109 Å². The van der Waals surface area contributed by atoms with E-state index in [9.17, 15) is 71.5 Å². The molecule has 4 heterocycles. The highest BCUT2D eigenvalue weighted by Gasteiger charge is 2.55. The van der Waals surface area contributed by atoms with Crippen LogP contribution in [0.5, 0.6) is 0 Å². The second-order valence-electron chi connectivity index (χ2n) is 17.5. The number of aliphatic hydroxyl groups excluding tert-OH is 14. The van der Waals surface area contributed by atoms with Crippen LogP contribution in [0, 0.1) is 17.3 Å². The van der Waals surface area contributed by atoms with Gasteiger partial charge >= 0.3 is 0 Å². The van der Waals surface area contributed by atoms with Crippen LogP contribution in [-0.2, 0) is 37.9 Å². The summed E-state index contributed by atoms with van der Waals surface area (Å²) in [5.74, 6) is 0.321. The van der Waals surface area contributed by atoms with Gasteiger partial charge in [-0.2, -0.15) is 0 Å². The van der Waals surface area contributed by atoms with Gasteiger partial charge in [-0.05, 0) is 43.4 Å². The molecule has 0 aromatic heterocycles. The molecule has 0 aromatic carbocycles. The summed E-state index contributed by atoms with van der Waals surface area (Å²) in [4.78, 5) is 0. The standard InChI is InChI=1S/C39H64O22/c1-14-6-17(55-36-31(53)28(50)35(61-36)22(12-43)58-38-30(52)27(49)33(60-38)20(45)10-41)8-39(3)5-4-16(7-18(14)39)15(2)54-13-23-24(46)25(47)34(56-23)21(11-42)57-37-29(51)26(48)32(59-37)19(44)9-40/h16-38,40-53H,1-2,4-13H2,3H3. The molecule has 0 bridgehead atoms. The van der Waals surface area contributed by atoms with Crippen molar-refractivity contribution in [2.24, 2.45) is 17.3 Å². The van der Waals surface area contributed by atoms with E-state index in [2.05, 4.69) is 20.1 Å². The van der Waals surface area contributed by atoms with E-state index in [1.54, 1.807) is 0 Å². The smallest absolute Gasteiger partial charge is 0.187 e. The lowest BCUT2D eigenvalue weighted by molar-refractivity contribution is -0.250. The van der Waals surface area contributed by atoms with Crippen molar-refractivity contribution in [2.45, 2.75) is 168 Å². The summed E-state index contributed by atoms with van der Waals surface area (Å²) in [5, 5.41) is 143. The van der Waals surface area contributed by atoms with Crippen molar-refractivity contribution in [3.63, 3.8) is 0 Å². The van der Waals surface area contributed by atoms with Gasteiger partial charge in [0.1, 0.15) is 110 Å². The topological polar surface area (TPSA) is 357 Å². The molecule has 22 nitrogen and oxygen atoms in total. The van der Waals surface area contributed by atoms with E-state index in [1.807, 2.05) is 0 Å². The molecule has 2 saturated carbocycles. The number of aliphatic hydroxyl groups is 14. The van der Waals surface area contributed by atoms with E-state index in [-0.39, 0.29) is 23.9 Å². The van der Waals surface area contributed by atoms with Gasteiger partial charge < -0.3 is 109 Å². The minimum absolute atomic E-state index is 0.0134. The van der Waals surface area contributed by atoms with Gasteiger partial charge in [0, 0.05) is 5.92 Å². The van der Waals surface area contributed by atoms with Crippen LogP contribution in [0.4, 0.5) is 0 Å². The predicted octanol–water partition coefficient (Wildman–Crippen LogP) is -6.03. The van der Waals surface area contributed by atoms with Crippen molar-refractivity contribution >= 4 is 0 Å². The largest absolute Gasteiger partial charge is 0.495 e. The average molecular weight is 885 g/mol. The highest BCUT2D eigenvalue weighted by atomic mass is 16.8. The Labute approximate surface area is 351 Å². The minimum atomic E-state index is -1.67. The molecule has 6 fully saturated rings. The second-order valence-corrected chi connectivity index (χ2v) is 17.5. The highest BCUT2D eigenvalue weighted by Crippen LogP contribution is 2.55. The Bertz CT molecular complexity index is 1460. The molecular formula is C39H64O22. The fourth-order valence-electron chi connectivity index (χ4n) is 9.70. The molecule has 14 N–H and O–H groups in total. The van der Waals surface area contributed by atoms with Gasteiger partial charge in [-0.3, -0.25) is 0 Å². The molecule has 0 aromatic rings. The van der Waals surface area contributed by atoms with Gasteiger partial charge in [-0.25, -0.2) is 0 Å². The van der Waals surface area contributed by atoms with Gasteiger partial charge in [0.05, 0.1) is 38.3 Å². The number of hydrogen-bond acceptors (Lipinski definition) is 22. The van der Waals surface area contributed by atoms with Crippen LogP contribution < -0.4 is 0 Å². The molecule has 6 rings (SSSR count). The van der Waals surface area contributed by atoms with E-state index in [4.69, 9.17) is 37.9 Å². The number of ether oxygens (including phenoxy) is 8. The van der Waals surface area contributed by atoms with Gasteiger partial charge in [-0.1, -0.05) is 25.7 Å². The number of hydrogen-bond donors (Lipinski definition) is 14. The Morgan fingerprint density at radius 2 is 1.15 bits per heavy atom. The summed E-state index contributed by atoms with van der Waals surface area (Å²) >= 11 is 0. The lowest BCUT2D eigenvalue weighted by atomic mass is 9.56. The van der Waals surface area contributed by atoms with Gasteiger partial charge in [0.25, 0.3) is 0 Å². The summed E-state index contributed by atoms with van der Waals surface area (Å²) in [7, 11) is 0. The summed E-state index contributed by atoms with van der Waals surface area (Å²) in [6, 6.07) is 0. The lowest BCUT2D eigenvalue weighted by Crippen LogP contribution is -2.46. The zero-order valence-electron chi connectivity index (χ0n) is 33.8. The number of fused-ring (bicyclic) bond motifs is 1. The Morgan fingerprint density at radius 3 is 1.67 bits per heavy atom. The second kappa shape index (κ2) is 20.3. The van der Waals surface area contributed by atoms with Gasteiger partial charge in [0.2, 0.25) is 0 Å². The zero-order chi connectivity index (χ0) is 44.7. The molecule has 6 aliphatic rings. The summed E-state index contributed by atoms with van der Waals surface area (Å²) in [6.07, 6.45) is -27.0. The van der Waals surface area contributed by atoms with Crippen LogP contribution in [0.2, 0.25) is 0 Å². The average Bonchev–Trinajstić information content (AvgIpc) is 3.89. The first-order valence-electron chi connectivity index (χ1n) is 20.7. The van der Waals surface area contributed by atoms with E-state index < -0.39 is 155 Å². The molecular weight excluding hydrogens is 820 g/mol. The predicted molar refractivity (Wildman–Crippen MR) is 200 cm³/mol. The van der Waals surface area contributed by atoms with Crippen molar-refractivity contribution in [2.75, 3.05) is 33.0 Å². The quantitative estimate of drug-likeness (QED) is 0.0450. The van der Waals surface area contributed by atoms with E-state index in [1.165, 1.54) is 0 Å². The molecule has 24 atom stereocenters. The third kappa shape index (κ3) is 10.0. The van der Waals surface area contributed by atoms with E-state index in [0.29, 0.717) is 37.9 Å². The maximum atomic E-state index is 10.9. The molecule has 24 unspecified atom stereocenters. The molecule has 0 radical (unpaired) electrons. The fourth-order valence-corrected chi connectivity index (χ4v) is 9.70. The van der Waals surface area contributed by atoms with Crippen LogP contribution in [0.1, 0.15) is 39.0 Å². The van der Waals surface area contributed by atoms with Crippen LogP contribution in [-0.4, -0.2) is 233 Å². The molecule has 352 valence electrons. The fraction of sp³-hybridized carbons (Fsp3) is 0.897. The molecule has 0 amide bonds. The van der Waals surface area contributed by atoms with Crippen molar-refractivity contribution in [3.05, 3.63) is 24.5 Å². The molecule has 22 heteroatoms. The van der Waals surface area contributed by atoms with Crippen LogP contribution >= 0.6 is 0 Å². The van der Waals surface area contributed by atoms with Crippen molar-refractivity contribution in [3.8, 4) is 0 Å². The van der Waals surface area contributed by atoms with E-state index in [0.717, 1.165) is 5.57 Å². The zero-order valence-corrected chi connectivity index (χ0v) is 33.8. The number of rotatable bonds is 18. The normalized spacial score (nSPS) is 47.3. The molecule has 4 saturated heterocycles. The monoisotopic (exact) mass is 884 g/mol. The number of allylic oxidation sites excluding steroid dienone is 1. The minimum Gasteiger partial charge on any atom is -0.495 e. The third-order valence-electron chi connectivity index (χ3n) is 13.3. The maximum absolute atomic E-state index is 10.9. The Kier molecular flexibility index (Phi) is 16.3. The molecule has 2 aliphatic carbocycles.